The van der Waals surface area contributed by atoms with Crippen LogP contribution in [0.2, 0.25) is 5.02 Å². The largest absolute Gasteiger partial charge is 0.332 e. The van der Waals surface area contributed by atoms with Gasteiger partial charge in [0.15, 0.2) is 5.11 Å². The fourth-order valence-electron chi connectivity index (χ4n) is 1.66. The van der Waals surface area contributed by atoms with Crippen molar-refractivity contribution in [2.45, 2.75) is 0 Å². The molecule has 0 heterocycles. The first-order chi connectivity index (χ1) is 10.5. The monoisotopic (exact) mass is 334 g/mol. The van der Waals surface area contributed by atoms with Crippen LogP contribution in [0.15, 0.2) is 54.6 Å². The Labute approximate surface area is 137 Å². The smallest absolute Gasteiger partial charge is 0.250 e. The van der Waals surface area contributed by atoms with Crippen molar-refractivity contribution in [2.24, 2.45) is 0 Å². The molecule has 1 amide bonds. The topological polar surface area (TPSA) is 41.1 Å². The van der Waals surface area contributed by atoms with Crippen molar-refractivity contribution in [3.63, 3.8) is 0 Å². The second-order valence-electron chi connectivity index (χ2n) is 4.31. The van der Waals surface area contributed by atoms with Gasteiger partial charge in [-0.15, -0.1) is 0 Å². The third kappa shape index (κ3) is 4.95. The van der Waals surface area contributed by atoms with E-state index in [1.807, 2.05) is 6.07 Å². The molecule has 2 rings (SSSR count). The minimum Gasteiger partial charge on any atom is -0.332 e. The summed E-state index contributed by atoms with van der Waals surface area (Å²) in [5, 5.41) is 5.82. The number of amides is 1. The molecule has 0 aromatic heterocycles. The summed E-state index contributed by atoms with van der Waals surface area (Å²) in [7, 11) is 0. The summed E-state index contributed by atoms with van der Waals surface area (Å²) in [6.45, 7) is 0. The third-order valence-electron chi connectivity index (χ3n) is 2.64. The van der Waals surface area contributed by atoms with Gasteiger partial charge in [-0.25, -0.2) is 4.39 Å². The van der Waals surface area contributed by atoms with E-state index in [0.29, 0.717) is 10.7 Å². The van der Waals surface area contributed by atoms with Crippen LogP contribution >= 0.6 is 23.8 Å². The molecule has 3 nitrogen and oxygen atoms in total. The van der Waals surface area contributed by atoms with Gasteiger partial charge < -0.3 is 5.32 Å². The summed E-state index contributed by atoms with van der Waals surface area (Å²) < 4.78 is 13.0. The Balaban J connectivity index is 1.92. The first kappa shape index (κ1) is 16.1. The third-order valence-corrected chi connectivity index (χ3v) is 3.19. The molecule has 0 saturated carbocycles. The number of benzene rings is 2. The van der Waals surface area contributed by atoms with Gasteiger partial charge in [0.25, 0.3) is 0 Å². The summed E-state index contributed by atoms with van der Waals surface area (Å²) in [4.78, 5) is 11.8. The molecule has 6 heteroatoms. The molecule has 0 aliphatic heterocycles. The summed E-state index contributed by atoms with van der Waals surface area (Å²) in [6.07, 6.45) is 2.91. The number of hydrogen-bond donors (Lipinski definition) is 2. The normalized spacial score (nSPS) is 10.5. The van der Waals surface area contributed by atoms with Crippen molar-refractivity contribution in [1.82, 2.24) is 5.32 Å². The van der Waals surface area contributed by atoms with Gasteiger partial charge in [0.05, 0.1) is 0 Å². The van der Waals surface area contributed by atoms with E-state index in [9.17, 15) is 9.18 Å². The fraction of sp³-hybridized carbons (Fsp3) is 0. The van der Waals surface area contributed by atoms with Crippen molar-refractivity contribution >= 4 is 46.6 Å². The van der Waals surface area contributed by atoms with Crippen LogP contribution in [0.3, 0.4) is 0 Å². The average molecular weight is 335 g/mol. The second-order valence-corrected chi connectivity index (χ2v) is 5.12. The highest BCUT2D eigenvalue weighted by atomic mass is 35.5. The zero-order valence-corrected chi connectivity index (χ0v) is 12.9. The van der Waals surface area contributed by atoms with E-state index in [1.165, 1.54) is 18.2 Å². The lowest BCUT2D eigenvalue weighted by atomic mass is 10.2. The molecule has 0 aliphatic rings. The fourth-order valence-corrected chi connectivity index (χ4v) is 2.08. The molecule has 0 bridgehead atoms. The van der Waals surface area contributed by atoms with Crippen molar-refractivity contribution in [2.75, 3.05) is 5.32 Å². The number of thiocarbonyl (C=S) groups is 1. The molecule has 0 spiro atoms. The lowest BCUT2D eigenvalue weighted by Crippen LogP contribution is -2.32. The van der Waals surface area contributed by atoms with E-state index in [1.54, 1.807) is 36.4 Å². The maximum absolute atomic E-state index is 13.0. The minimum absolute atomic E-state index is 0.0828. The van der Waals surface area contributed by atoms with Crippen LogP contribution in [-0.4, -0.2) is 11.0 Å². The van der Waals surface area contributed by atoms with E-state index in [2.05, 4.69) is 10.6 Å². The van der Waals surface area contributed by atoms with E-state index in [0.717, 1.165) is 5.56 Å². The highest BCUT2D eigenvalue weighted by Crippen LogP contribution is 2.16. The molecule has 0 saturated heterocycles. The van der Waals surface area contributed by atoms with Gasteiger partial charge in [-0.2, -0.15) is 0 Å². The molecule has 0 unspecified atom stereocenters. The lowest BCUT2D eigenvalue weighted by Gasteiger charge is -2.07. The number of anilines is 1. The standard InChI is InChI=1S/C16H12ClFN2OS/c17-14-7-2-1-4-11(14)8-9-15(21)20-16(22)19-13-6-3-5-12(18)10-13/h1-10H,(H2,19,20,21,22)/b9-8+. The van der Waals surface area contributed by atoms with E-state index < -0.39 is 11.7 Å². The van der Waals surface area contributed by atoms with Crippen molar-refractivity contribution < 1.29 is 9.18 Å². The Hall–Kier alpha value is -2.24. The van der Waals surface area contributed by atoms with Gasteiger partial charge in [-0.3, -0.25) is 10.1 Å². The molecule has 2 aromatic rings. The highest BCUT2D eigenvalue weighted by Gasteiger charge is 2.03. The summed E-state index contributed by atoms with van der Waals surface area (Å²) in [6, 6.07) is 12.9. The van der Waals surface area contributed by atoms with Crippen LogP contribution in [-0.2, 0) is 4.79 Å². The first-order valence-electron chi connectivity index (χ1n) is 6.35. The highest BCUT2D eigenvalue weighted by molar-refractivity contribution is 7.80. The number of rotatable bonds is 3. The Bertz CT molecular complexity index is 734. The quantitative estimate of drug-likeness (QED) is 0.658. The number of halogens is 2. The van der Waals surface area contributed by atoms with Crippen LogP contribution in [0.5, 0.6) is 0 Å². The first-order valence-corrected chi connectivity index (χ1v) is 7.13. The van der Waals surface area contributed by atoms with Gasteiger partial charge in [0.1, 0.15) is 5.82 Å². The summed E-state index contributed by atoms with van der Waals surface area (Å²) >= 11 is 11.0. The van der Waals surface area contributed by atoms with Crippen LogP contribution in [0.1, 0.15) is 5.56 Å². The van der Waals surface area contributed by atoms with Crippen LogP contribution in [0, 0.1) is 5.82 Å². The lowest BCUT2D eigenvalue weighted by molar-refractivity contribution is -0.115. The Morgan fingerprint density at radius 1 is 1.18 bits per heavy atom. The Kier molecular flexibility index (Phi) is 5.63. The van der Waals surface area contributed by atoms with Crippen molar-refractivity contribution in [1.29, 1.82) is 0 Å². The second kappa shape index (κ2) is 7.68. The predicted octanol–water partition coefficient (Wildman–Crippen LogP) is 4.01. The van der Waals surface area contributed by atoms with Crippen LogP contribution in [0.4, 0.5) is 10.1 Å². The molecule has 0 fully saturated rings. The molecule has 0 atom stereocenters. The zero-order valence-electron chi connectivity index (χ0n) is 11.3. The van der Waals surface area contributed by atoms with E-state index in [-0.39, 0.29) is 5.11 Å². The molecular weight excluding hydrogens is 323 g/mol. The van der Waals surface area contributed by atoms with Crippen molar-refractivity contribution in [3.8, 4) is 0 Å². The number of nitrogens with one attached hydrogen (secondary N) is 2. The average Bonchev–Trinajstić information content (AvgIpc) is 2.46. The van der Waals surface area contributed by atoms with Gasteiger partial charge in [-0.1, -0.05) is 35.9 Å². The molecule has 0 radical (unpaired) electrons. The van der Waals surface area contributed by atoms with Crippen LogP contribution < -0.4 is 10.6 Å². The summed E-state index contributed by atoms with van der Waals surface area (Å²) in [5.74, 6) is -0.799. The molecular formula is C16H12ClFN2OS. The molecule has 2 N–H and O–H groups in total. The predicted molar refractivity (Wildman–Crippen MR) is 91.2 cm³/mol. The maximum Gasteiger partial charge on any atom is 0.250 e. The SMILES string of the molecule is O=C(/C=C/c1ccccc1Cl)NC(=S)Nc1cccc(F)c1. The molecule has 22 heavy (non-hydrogen) atoms. The Morgan fingerprint density at radius 3 is 2.68 bits per heavy atom. The van der Waals surface area contributed by atoms with Gasteiger partial charge in [0, 0.05) is 16.8 Å². The minimum atomic E-state index is -0.408. The van der Waals surface area contributed by atoms with E-state index in [4.69, 9.17) is 23.8 Å². The number of hydrogen-bond acceptors (Lipinski definition) is 2. The molecule has 2 aromatic carbocycles. The van der Waals surface area contributed by atoms with Crippen molar-refractivity contribution in [3.05, 3.63) is 71.0 Å². The Morgan fingerprint density at radius 2 is 1.95 bits per heavy atom. The number of carbonyl (C=O) groups excluding carboxylic acids is 1. The zero-order chi connectivity index (χ0) is 15.9. The van der Waals surface area contributed by atoms with Gasteiger partial charge in [-0.05, 0) is 48.1 Å². The number of carbonyl (C=O) groups is 1. The molecule has 112 valence electrons. The maximum atomic E-state index is 13.0. The van der Waals surface area contributed by atoms with E-state index >= 15 is 0 Å². The van der Waals surface area contributed by atoms with Gasteiger partial charge >= 0.3 is 0 Å². The van der Waals surface area contributed by atoms with Gasteiger partial charge in [0.2, 0.25) is 5.91 Å². The molecule has 0 aliphatic carbocycles. The summed E-state index contributed by atoms with van der Waals surface area (Å²) in [5.41, 5.74) is 1.18. The van der Waals surface area contributed by atoms with Crippen LogP contribution in [0.25, 0.3) is 6.08 Å².